The second kappa shape index (κ2) is 7.74. The van der Waals surface area contributed by atoms with E-state index in [1.165, 1.54) is 13.0 Å². The van der Waals surface area contributed by atoms with Crippen molar-refractivity contribution < 1.29 is 23.8 Å². The molecule has 2 heterocycles. The van der Waals surface area contributed by atoms with E-state index in [0.717, 1.165) is 5.39 Å². The number of ketones is 1. The van der Waals surface area contributed by atoms with Crippen LogP contribution in [0.15, 0.2) is 39.5 Å². The van der Waals surface area contributed by atoms with Crippen LogP contribution >= 0.6 is 0 Å². The maximum atomic E-state index is 10.9. The summed E-state index contributed by atoms with van der Waals surface area (Å²) in [6.45, 7) is 2.00. The lowest BCUT2D eigenvalue weighted by Crippen LogP contribution is -2.29. The lowest BCUT2D eigenvalue weighted by molar-refractivity contribution is -0.139. The fraction of sp³-hybridized carbons (Fsp3) is 0.353. The van der Waals surface area contributed by atoms with Gasteiger partial charge in [0.15, 0.2) is 0 Å². The molecule has 0 spiro atoms. The zero-order valence-corrected chi connectivity index (χ0v) is 13.4. The number of ether oxygens (including phenoxy) is 1. The number of methoxy groups -OCH3 is 1. The largest absolute Gasteiger partial charge is 0.497 e. The quantitative estimate of drug-likeness (QED) is 0.819. The van der Waals surface area contributed by atoms with Crippen molar-refractivity contribution in [1.29, 1.82) is 0 Å². The van der Waals surface area contributed by atoms with Crippen LogP contribution < -0.4 is 15.7 Å². The molecule has 0 bridgehead atoms. The van der Waals surface area contributed by atoms with Crippen LogP contribution in [0.1, 0.15) is 13.3 Å². The van der Waals surface area contributed by atoms with Gasteiger partial charge in [0.05, 0.1) is 7.11 Å². The minimum absolute atomic E-state index is 0.0706. The zero-order valence-electron chi connectivity index (χ0n) is 13.4. The number of benzene rings is 1. The SMILES string of the molecule is CC(=O)C1CNC(C(=O)O)C1.COc1ccc2ccc(=O)oc2c1. The molecule has 1 aromatic heterocycles. The van der Waals surface area contributed by atoms with E-state index in [1.807, 2.05) is 12.1 Å². The molecule has 2 atom stereocenters. The number of fused-ring (bicyclic) bond motifs is 1. The van der Waals surface area contributed by atoms with Crippen molar-refractivity contribution in [3.05, 3.63) is 40.8 Å². The molecule has 0 amide bonds. The monoisotopic (exact) mass is 333 g/mol. The van der Waals surface area contributed by atoms with Gasteiger partial charge < -0.3 is 19.6 Å². The molecule has 24 heavy (non-hydrogen) atoms. The summed E-state index contributed by atoms with van der Waals surface area (Å²) < 4.78 is 9.97. The van der Waals surface area contributed by atoms with E-state index in [9.17, 15) is 14.4 Å². The molecule has 3 rings (SSSR count). The van der Waals surface area contributed by atoms with Crippen molar-refractivity contribution in [3.8, 4) is 5.75 Å². The number of rotatable bonds is 3. The molecule has 2 unspecified atom stereocenters. The Morgan fingerprint density at radius 2 is 2.00 bits per heavy atom. The Kier molecular flexibility index (Phi) is 5.70. The number of nitrogens with one attached hydrogen (secondary N) is 1. The molecule has 7 nitrogen and oxygen atoms in total. The number of carbonyl (C=O) groups excluding carboxylic acids is 1. The first-order valence-electron chi connectivity index (χ1n) is 7.45. The molecule has 1 aliphatic heterocycles. The average Bonchev–Trinajstić information content (AvgIpc) is 3.05. The third-order valence-corrected chi connectivity index (χ3v) is 3.83. The summed E-state index contributed by atoms with van der Waals surface area (Å²) in [6, 6.07) is 7.95. The summed E-state index contributed by atoms with van der Waals surface area (Å²) in [5, 5.41) is 12.2. The Morgan fingerprint density at radius 1 is 1.29 bits per heavy atom. The fourth-order valence-electron chi connectivity index (χ4n) is 2.40. The molecule has 2 N–H and O–H groups in total. The molecule has 1 saturated heterocycles. The number of hydrogen-bond acceptors (Lipinski definition) is 6. The van der Waals surface area contributed by atoms with Crippen LogP contribution in [0.3, 0.4) is 0 Å². The fourth-order valence-corrected chi connectivity index (χ4v) is 2.40. The van der Waals surface area contributed by atoms with Gasteiger partial charge in [-0.3, -0.25) is 9.59 Å². The van der Waals surface area contributed by atoms with Gasteiger partial charge in [0, 0.05) is 30.0 Å². The van der Waals surface area contributed by atoms with Gasteiger partial charge in [-0.2, -0.15) is 0 Å². The van der Waals surface area contributed by atoms with E-state index in [4.69, 9.17) is 14.3 Å². The lowest BCUT2D eigenvalue weighted by atomic mass is 10.0. The Hall–Kier alpha value is -2.67. The van der Waals surface area contributed by atoms with Crippen LogP contribution in [-0.4, -0.2) is 36.6 Å². The molecular weight excluding hydrogens is 314 g/mol. The first-order chi connectivity index (χ1) is 11.4. The second-order valence-corrected chi connectivity index (χ2v) is 5.50. The molecular formula is C17H19NO6. The van der Waals surface area contributed by atoms with E-state index in [1.54, 1.807) is 19.2 Å². The smallest absolute Gasteiger partial charge is 0.336 e. The number of Topliss-reactive ketones (excluding diaryl/α,β-unsaturated/α-hetero) is 1. The van der Waals surface area contributed by atoms with Crippen molar-refractivity contribution in [2.75, 3.05) is 13.7 Å². The standard InChI is InChI=1S/C10H8O3.C7H11NO3/c1-12-8-4-2-7-3-5-10(11)13-9(7)6-8;1-4(9)5-2-6(7(10)11)8-3-5/h2-6H,1H3;5-6,8H,2-3H2,1H3,(H,10,11). The molecule has 0 radical (unpaired) electrons. The van der Waals surface area contributed by atoms with Crippen molar-refractivity contribution in [3.63, 3.8) is 0 Å². The second-order valence-electron chi connectivity index (χ2n) is 5.50. The Morgan fingerprint density at radius 3 is 2.54 bits per heavy atom. The van der Waals surface area contributed by atoms with Gasteiger partial charge >= 0.3 is 11.6 Å². The molecule has 1 aromatic carbocycles. The zero-order chi connectivity index (χ0) is 17.7. The number of aliphatic carboxylic acids is 1. The van der Waals surface area contributed by atoms with Crippen LogP contribution in [0.4, 0.5) is 0 Å². The van der Waals surface area contributed by atoms with Crippen LogP contribution in [0, 0.1) is 5.92 Å². The highest BCUT2D eigenvalue weighted by atomic mass is 16.5. The molecule has 0 aliphatic carbocycles. The average molecular weight is 333 g/mol. The van der Waals surface area contributed by atoms with Crippen LogP contribution in [0.25, 0.3) is 11.0 Å². The third kappa shape index (κ3) is 4.42. The predicted octanol–water partition coefficient (Wildman–Crippen LogP) is 1.44. The predicted molar refractivity (Wildman–Crippen MR) is 87.3 cm³/mol. The molecule has 128 valence electrons. The topological polar surface area (TPSA) is 106 Å². The van der Waals surface area contributed by atoms with E-state index < -0.39 is 12.0 Å². The van der Waals surface area contributed by atoms with Gasteiger partial charge in [-0.25, -0.2) is 4.79 Å². The van der Waals surface area contributed by atoms with Crippen molar-refractivity contribution >= 4 is 22.7 Å². The van der Waals surface area contributed by atoms with Crippen LogP contribution in [0.2, 0.25) is 0 Å². The highest BCUT2D eigenvalue weighted by Gasteiger charge is 2.31. The maximum Gasteiger partial charge on any atom is 0.336 e. The van der Waals surface area contributed by atoms with E-state index in [2.05, 4.69) is 5.32 Å². The summed E-state index contributed by atoms with van der Waals surface area (Å²) >= 11 is 0. The number of carboxylic acid groups (broad SMARTS) is 1. The number of carboxylic acids is 1. The molecule has 7 heteroatoms. The Bertz CT molecular complexity index is 777. The number of hydrogen-bond donors (Lipinski definition) is 2. The van der Waals surface area contributed by atoms with E-state index >= 15 is 0 Å². The summed E-state index contributed by atoms with van der Waals surface area (Å²) in [5.41, 5.74) is 0.201. The maximum absolute atomic E-state index is 10.9. The van der Waals surface area contributed by atoms with E-state index in [0.29, 0.717) is 24.3 Å². The highest BCUT2D eigenvalue weighted by molar-refractivity contribution is 5.81. The van der Waals surface area contributed by atoms with Gasteiger partial charge in [0.1, 0.15) is 23.2 Å². The minimum atomic E-state index is -0.867. The van der Waals surface area contributed by atoms with Gasteiger partial charge in [-0.15, -0.1) is 0 Å². The summed E-state index contributed by atoms with van der Waals surface area (Å²) in [5.74, 6) is -0.215. The molecule has 2 aromatic rings. The minimum Gasteiger partial charge on any atom is -0.497 e. The third-order valence-electron chi connectivity index (χ3n) is 3.83. The summed E-state index contributed by atoms with van der Waals surface area (Å²) in [6.07, 6.45) is 0.435. The molecule has 0 saturated carbocycles. The van der Waals surface area contributed by atoms with Crippen LogP contribution in [0.5, 0.6) is 5.75 Å². The van der Waals surface area contributed by atoms with Gasteiger partial charge in [-0.1, -0.05) is 0 Å². The molecule has 1 aliphatic rings. The van der Waals surface area contributed by atoms with Gasteiger partial charge in [0.25, 0.3) is 0 Å². The normalized spacial score (nSPS) is 19.4. The van der Waals surface area contributed by atoms with Gasteiger partial charge in [-0.05, 0) is 31.5 Å². The van der Waals surface area contributed by atoms with Crippen LogP contribution in [-0.2, 0) is 9.59 Å². The van der Waals surface area contributed by atoms with Crippen molar-refractivity contribution in [1.82, 2.24) is 5.32 Å². The highest BCUT2D eigenvalue weighted by Crippen LogP contribution is 2.18. The Labute approximate surface area is 138 Å². The number of carbonyl (C=O) groups is 2. The van der Waals surface area contributed by atoms with Gasteiger partial charge in [0.2, 0.25) is 0 Å². The molecule has 1 fully saturated rings. The van der Waals surface area contributed by atoms with Crippen molar-refractivity contribution in [2.45, 2.75) is 19.4 Å². The van der Waals surface area contributed by atoms with Crippen molar-refractivity contribution in [2.24, 2.45) is 5.92 Å². The summed E-state index contributed by atoms with van der Waals surface area (Å²) in [7, 11) is 1.57. The summed E-state index contributed by atoms with van der Waals surface area (Å²) in [4.78, 5) is 32.1. The van der Waals surface area contributed by atoms with E-state index in [-0.39, 0.29) is 17.3 Å². The Balaban J connectivity index is 0.000000177. The lowest BCUT2D eigenvalue weighted by Gasteiger charge is -2.01. The first kappa shape index (κ1) is 17.7. The first-order valence-corrected chi connectivity index (χ1v) is 7.45.